The number of fused-ring (bicyclic) bond motifs is 1. The second kappa shape index (κ2) is 7.30. The van der Waals surface area contributed by atoms with Gasteiger partial charge in [0.15, 0.2) is 0 Å². The van der Waals surface area contributed by atoms with Crippen molar-refractivity contribution in [2.24, 2.45) is 0 Å². The number of benzene rings is 1. The van der Waals surface area contributed by atoms with Gasteiger partial charge in [0.2, 0.25) is 0 Å². The van der Waals surface area contributed by atoms with Crippen LogP contribution in [-0.2, 0) is 5.75 Å². The molecule has 0 saturated heterocycles. The molecule has 0 saturated carbocycles. The molecule has 19 heavy (non-hydrogen) atoms. The summed E-state index contributed by atoms with van der Waals surface area (Å²) >= 11 is 3.21. The quantitative estimate of drug-likeness (QED) is 0.565. The average molecular weight is 296 g/mol. The van der Waals surface area contributed by atoms with Crippen LogP contribution in [0.3, 0.4) is 0 Å². The summed E-state index contributed by atoms with van der Waals surface area (Å²) in [6.07, 6.45) is 0. The van der Waals surface area contributed by atoms with Crippen LogP contribution in [0.2, 0.25) is 0 Å². The first-order chi connectivity index (χ1) is 9.29. The van der Waals surface area contributed by atoms with Crippen LogP contribution in [-0.4, -0.2) is 34.6 Å². The first-order valence-corrected chi connectivity index (χ1v) is 8.04. The number of hydrogen-bond acceptors (Lipinski definition) is 4. The van der Waals surface area contributed by atoms with Gasteiger partial charge in [0.25, 0.3) is 0 Å². The fourth-order valence-electron chi connectivity index (χ4n) is 1.51. The zero-order valence-electron chi connectivity index (χ0n) is 10.6. The number of nitrogens with one attached hydrogen (secondary N) is 3. The summed E-state index contributed by atoms with van der Waals surface area (Å²) in [6, 6.07) is 7.86. The Labute approximate surface area is 120 Å². The molecule has 0 aliphatic rings. The number of thioether (sulfide) groups is 1. The number of imidazole rings is 1. The fraction of sp³-hybridized carbons (Fsp3) is 0.333. The second-order valence-electron chi connectivity index (χ2n) is 3.78. The molecule has 5 nitrogen and oxygen atoms in total. The molecule has 2 amide bonds. The highest BCUT2D eigenvalue weighted by molar-refractivity contribution is 8.01. The highest BCUT2D eigenvalue weighted by Gasteiger charge is 2.02. The maximum Gasteiger partial charge on any atom is 0.324 e. The lowest BCUT2D eigenvalue weighted by Gasteiger charge is -2.02. The number of aromatic amines is 1. The van der Waals surface area contributed by atoms with Gasteiger partial charge in [0, 0.05) is 18.6 Å². The molecule has 1 heterocycles. The molecule has 2 rings (SSSR count). The molecule has 0 aliphatic carbocycles. The van der Waals surface area contributed by atoms with E-state index < -0.39 is 0 Å². The number of aromatic nitrogens is 2. The zero-order valence-corrected chi connectivity index (χ0v) is 12.2. The summed E-state index contributed by atoms with van der Waals surface area (Å²) in [5.41, 5.74) is 2.09. The predicted molar refractivity (Wildman–Crippen MR) is 82.3 cm³/mol. The van der Waals surface area contributed by atoms with Gasteiger partial charge in [-0.1, -0.05) is 12.1 Å². The van der Waals surface area contributed by atoms with Gasteiger partial charge in [0.05, 0.1) is 16.8 Å². The maximum atomic E-state index is 10.9. The lowest BCUT2D eigenvalue weighted by molar-refractivity contribution is 0.248. The molecule has 3 N–H and O–H groups in total. The molecule has 0 radical (unpaired) electrons. The van der Waals surface area contributed by atoms with E-state index in [1.807, 2.05) is 24.3 Å². The summed E-state index contributed by atoms with van der Waals surface area (Å²) in [7, 11) is 1.60. The van der Waals surface area contributed by atoms with Crippen molar-refractivity contribution in [2.75, 3.05) is 18.6 Å². The molecule has 102 valence electrons. The van der Waals surface area contributed by atoms with E-state index in [0.717, 1.165) is 34.1 Å². The molecule has 0 bridgehead atoms. The van der Waals surface area contributed by atoms with Gasteiger partial charge in [0.1, 0.15) is 5.82 Å². The van der Waals surface area contributed by atoms with E-state index in [0.29, 0.717) is 0 Å². The minimum Gasteiger partial charge on any atom is -0.341 e. The topological polar surface area (TPSA) is 69.8 Å². The fourth-order valence-corrected chi connectivity index (χ4v) is 3.13. The first-order valence-electron chi connectivity index (χ1n) is 5.90. The van der Waals surface area contributed by atoms with Gasteiger partial charge < -0.3 is 10.3 Å². The Morgan fingerprint density at radius 3 is 3.00 bits per heavy atom. The Morgan fingerprint density at radius 2 is 2.21 bits per heavy atom. The summed E-state index contributed by atoms with van der Waals surface area (Å²) < 4.78 is 2.68. The van der Waals surface area contributed by atoms with Crippen LogP contribution in [0.4, 0.5) is 4.79 Å². The van der Waals surface area contributed by atoms with Crippen molar-refractivity contribution in [3.63, 3.8) is 0 Å². The molecule has 0 unspecified atom stereocenters. The third kappa shape index (κ3) is 4.36. The van der Waals surface area contributed by atoms with Gasteiger partial charge in [-0.15, -0.1) is 0 Å². The highest BCUT2D eigenvalue weighted by Crippen LogP contribution is 2.15. The van der Waals surface area contributed by atoms with E-state index in [2.05, 4.69) is 20.0 Å². The molecular formula is C12H16N4OS2. The van der Waals surface area contributed by atoms with Crippen molar-refractivity contribution in [1.82, 2.24) is 20.0 Å². The second-order valence-corrected chi connectivity index (χ2v) is 5.79. The van der Waals surface area contributed by atoms with Gasteiger partial charge in [-0.3, -0.25) is 4.72 Å². The van der Waals surface area contributed by atoms with Crippen LogP contribution in [0.1, 0.15) is 5.82 Å². The van der Waals surface area contributed by atoms with Crippen molar-refractivity contribution in [1.29, 1.82) is 0 Å². The van der Waals surface area contributed by atoms with Crippen LogP contribution >= 0.6 is 23.7 Å². The Bertz CT molecular complexity index is 510. The molecular weight excluding hydrogens is 280 g/mol. The van der Waals surface area contributed by atoms with Crippen molar-refractivity contribution < 1.29 is 4.79 Å². The number of hydrogen-bond donors (Lipinski definition) is 3. The molecule has 0 aliphatic heterocycles. The van der Waals surface area contributed by atoms with Crippen LogP contribution in [0, 0.1) is 0 Å². The molecule has 1 aromatic heterocycles. The predicted octanol–water partition coefficient (Wildman–Crippen LogP) is 2.37. The monoisotopic (exact) mass is 296 g/mol. The molecule has 0 spiro atoms. The number of carbonyl (C=O) groups excluding carboxylic acids is 1. The van der Waals surface area contributed by atoms with E-state index in [-0.39, 0.29) is 6.03 Å². The van der Waals surface area contributed by atoms with Crippen LogP contribution in [0.15, 0.2) is 24.3 Å². The minimum atomic E-state index is -0.160. The lowest BCUT2D eigenvalue weighted by Crippen LogP contribution is -2.27. The number of para-hydroxylation sites is 2. The summed E-state index contributed by atoms with van der Waals surface area (Å²) in [6.45, 7) is 0. The number of H-pyrrole nitrogens is 1. The smallest absolute Gasteiger partial charge is 0.324 e. The highest BCUT2D eigenvalue weighted by atomic mass is 32.2. The Balaban J connectivity index is 1.67. The third-order valence-corrected chi connectivity index (χ3v) is 4.37. The summed E-state index contributed by atoms with van der Waals surface area (Å²) in [4.78, 5) is 18.7. The number of amides is 2. The lowest BCUT2D eigenvalue weighted by atomic mass is 10.3. The summed E-state index contributed by atoms with van der Waals surface area (Å²) in [5.74, 6) is 3.69. The minimum absolute atomic E-state index is 0.160. The van der Waals surface area contributed by atoms with E-state index >= 15 is 0 Å². The SMILES string of the molecule is CNC(=O)NSCCSCc1nc2ccccc2[nH]1. The van der Waals surface area contributed by atoms with Gasteiger partial charge in [-0.05, 0) is 24.1 Å². The van der Waals surface area contributed by atoms with Gasteiger partial charge in [-0.25, -0.2) is 9.78 Å². The largest absolute Gasteiger partial charge is 0.341 e. The number of urea groups is 1. The zero-order chi connectivity index (χ0) is 13.5. The van der Waals surface area contributed by atoms with Gasteiger partial charge >= 0.3 is 6.03 Å². The summed E-state index contributed by atoms with van der Waals surface area (Å²) in [5, 5.41) is 2.50. The normalized spacial score (nSPS) is 10.6. The molecule has 7 heteroatoms. The van der Waals surface area contributed by atoms with E-state index in [1.165, 1.54) is 11.9 Å². The Kier molecular flexibility index (Phi) is 5.41. The van der Waals surface area contributed by atoms with E-state index in [1.54, 1.807) is 18.8 Å². The number of carbonyl (C=O) groups is 1. The Morgan fingerprint density at radius 1 is 1.37 bits per heavy atom. The number of rotatable bonds is 6. The first kappa shape index (κ1) is 14.1. The van der Waals surface area contributed by atoms with E-state index in [9.17, 15) is 4.79 Å². The van der Waals surface area contributed by atoms with Crippen molar-refractivity contribution in [3.05, 3.63) is 30.1 Å². The number of nitrogens with zero attached hydrogens (tertiary/aromatic N) is 1. The standard InChI is InChI=1S/C12H16N4OS2/c1-13-12(17)16-19-7-6-18-8-11-14-9-4-2-3-5-10(9)15-11/h2-5H,6-8H2,1H3,(H,14,15)(H2,13,16,17). The molecule has 2 aromatic rings. The third-order valence-electron chi connectivity index (χ3n) is 2.40. The van der Waals surface area contributed by atoms with Crippen molar-refractivity contribution in [2.45, 2.75) is 5.75 Å². The van der Waals surface area contributed by atoms with Crippen molar-refractivity contribution >= 4 is 40.8 Å². The van der Waals surface area contributed by atoms with E-state index in [4.69, 9.17) is 0 Å². The Hall–Kier alpha value is -1.34. The van der Waals surface area contributed by atoms with Crippen LogP contribution < -0.4 is 10.0 Å². The van der Waals surface area contributed by atoms with Gasteiger partial charge in [-0.2, -0.15) is 11.8 Å². The molecule has 0 fully saturated rings. The van der Waals surface area contributed by atoms with Crippen molar-refractivity contribution in [3.8, 4) is 0 Å². The van der Waals surface area contributed by atoms with Crippen LogP contribution in [0.5, 0.6) is 0 Å². The van der Waals surface area contributed by atoms with Crippen LogP contribution in [0.25, 0.3) is 11.0 Å². The molecule has 1 aromatic carbocycles. The average Bonchev–Trinajstić information content (AvgIpc) is 2.84. The molecule has 0 atom stereocenters. The maximum absolute atomic E-state index is 10.9.